The summed E-state index contributed by atoms with van der Waals surface area (Å²) in [6.45, 7) is 6.43. The number of amides is 1. The van der Waals surface area contributed by atoms with Gasteiger partial charge >= 0.3 is 0 Å². The van der Waals surface area contributed by atoms with Crippen LogP contribution in [0.5, 0.6) is 0 Å². The van der Waals surface area contributed by atoms with Crippen LogP contribution in [0.1, 0.15) is 63.2 Å². The minimum Gasteiger partial charge on any atom is -0.336 e. The quantitative estimate of drug-likeness (QED) is 0.819. The van der Waals surface area contributed by atoms with Gasteiger partial charge in [-0.25, -0.2) is 13.1 Å². The average Bonchev–Trinajstić information content (AvgIpc) is 3.09. The largest absolute Gasteiger partial charge is 0.336 e. The maximum atomic E-state index is 12.7. The number of carbonyl (C=O) groups is 1. The van der Waals surface area contributed by atoms with Crippen LogP contribution in [-0.2, 0) is 10.0 Å². The standard InChI is InChI=1S/C18H28N2O3S/c1-4-14(3)19-24(22,23)17-12-10-15(11-13-17)18(21)20(5-2)16-8-6-7-9-16/h10-14,16,19H,4-9H2,1-3H3. The van der Waals surface area contributed by atoms with Crippen molar-refractivity contribution in [2.45, 2.75) is 69.9 Å². The molecule has 1 N–H and O–H groups in total. The second-order valence-corrected chi connectivity index (χ2v) is 8.20. The van der Waals surface area contributed by atoms with Gasteiger partial charge in [0.15, 0.2) is 0 Å². The van der Waals surface area contributed by atoms with Crippen molar-refractivity contribution in [3.8, 4) is 0 Å². The van der Waals surface area contributed by atoms with Gasteiger partial charge in [-0.1, -0.05) is 19.8 Å². The van der Waals surface area contributed by atoms with Gasteiger partial charge in [0.25, 0.3) is 5.91 Å². The number of benzene rings is 1. The predicted molar refractivity (Wildman–Crippen MR) is 95.5 cm³/mol. The lowest BCUT2D eigenvalue weighted by molar-refractivity contribution is 0.0693. The summed E-state index contributed by atoms with van der Waals surface area (Å²) >= 11 is 0. The molecular formula is C18H28N2O3S. The SMILES string of the molecule is CCC(C)NS(=O)(=O)c1ccc(C(=O)N(CC)C2CCCC2)cc1. The van der Waals surface area contributed by atoms with E-state index in [0.29, 0.717) is 18.2 Å². The van der Waals surface area contributed by atoms with E-state index in [1.807, 2.05) is 25.7 Å². The number of hydrogen-bond donors (Lipinski definition) is 1. The molecule has 2 rings (SSSR count). The zero-order valence-electron chi connectivity index (χ0n) is 14.8. The van der Waals surface area contributed by atoms with Gasteiger partial charge in [-0.2, -0.15) is 0 Å². The second kappa shape index (κ2) is 8.12. The Morgan fingerprint density at radius 2 is 1.79 bits per heavy atom. The summed E-state index contributed by atoms with van der Waals surface area (Å²) in [5.74, 6) is -0.0109. The number of carbonyl (C=O) groups excluding carboxylic acids is 1. The van der Waals surface area contributed by atoms with Gasteiger partial charge in [0.1, 0.15) is 0 Å². The van der Waals surface area contributed by atoms with E-state index in [4.69, 9.17) is 0 Å². The molecule has 0 aliphatic heterocycles. The molecule has 1 saturated carbocycles. The van der Waals surface area contributed by atoms with Crippen LogP contribution in [0.15, 0.2) is 29.2 Å². The van der Waals surface area contributed by atoms with Crippen LogP contribution in [0.25, 0.3) is 0 Å². The third kappa shape index (κ3) is 4.36. The molecule has 6 heteroatoms. The smallest absolute Gasteiger partial charge is 0.254 e. The molecule has 1 fully saturated rings. The van der Waals surface area contributed by atoms with Crippen molar-refractivity contribution in [2.75, 3.05) is 6.54 Å². The summed E-state index contributed by atoms with van der Waals surface area (Å²) in [6, 6.07) is 6.46. The fourth-order valence-electron chi connectivity index (χ4n) is 3.14. The Hall–Kier alpha value is -1.40. The Labute approximate surface area is 145 Å². The van der Waals surface area contributed by atoms with Crippen molar-refractivity contribution < 1.29 is 13.2 Å². The average molecular weight is 353 g/mol. The molecule has 1 aromatic rings. The molecule has 0 spiro atoms. The monoisotopic (exact) mass is 352 g/mol. The van der Waals surface area contributed by atoms with Gasteiger partial charge in [-0.05, 0) is 57.4 Å². The summed E-state index contributed by atoms with van der Waals surface area (Å²) in [5, 5.41) is 0. The molecule has 0 radical (unpaired) electrons. The van der Waals surface area contributed by atoms with E-state index in [9.17, 15) is 13.2 Å². The Morgan fingerprint density at radius 1 is 1.21 bits per heavy atom. The van der Waals surface area contributed by atoms with Crippen molar-refractivity contribution in [2.24, 2.45) is 0 Å². The van der Waals surface area contributed by atoms with Crippen LogP contribution in [0.4, 0.5) is 0 Å². The van der Waals surface area contributed by atoms with Gasteiger partial charge in [0.05, 0.1) is 4.90 Å². The summed E-state index contributed by atoms with van der Waals surface area (Å²) in [5.41, 5.74) is 0.547. The van der Waals surface area contributed by atoms with Crippen molar-refractivity contribution in [3.63, 3.8) is 0 Å². The maximum Gasteiger partial charge on any atom is 0.254 e. The summed E-state index contributed by atoms with van der Waals surface area (Å²) in [4.78, 5) is 14.8. The first-order chi connectivity index (χ1) is 11.4. The fraction of sp³-hybridized carbons (Fsp3) is 0.611. The molecule has 1 unspecified atom stereocenters. The van der Waals surface area contributed by atoms with E-state index >= 15 is 0 Å². The van der Waals surface area contributed by atoms with Crippen LogP contribution in [-0.4, -0.2) is 37.9 Å². The van der Waals surface area contributed by atoms with Crippen LogP contribution < -0.4 is 4.72 Å². The van der Waals surface area contributed by atoms with Crippen LogP contribution in [0, 0.1) is 0 Å². The van der Waals surface area contributed by atoms with E-state index in [1.54, 1.807) is 12.1 Å². The zero-order chi connectivity index (χ0) is 17.7. The molecule has 1 aliphatic rings. The zero-order valence-corrected chi connectivity index (χ0v) is 15.6. The highest BCUT2D eigenvalue weighted by atomic mass is 32.2. The molecule has 0 saturated heterocycles. The van der Waals surface area contributed by atoms with E-state index < -0.39 is 10.0 Å². The molecule has 0 heterocycles. The molecular weight excluding hydrogens is 324 g/mol. The minimum atomic E-state index is -3.53. The van der Waals surface area contributed by atoms with Crippen LogP contribution >= 0.6 is 0 Å². The van der Waals surface area contributed by atoms with Gasteiger partial charge in [-0.15, -0.1) is 0 Å². The highest BCUT2D eigenvalue weighted by molar-refractivity contribution is 7.89. The van der Waals surface area contributed by atoms with Crippen molar-refractivity contribution in [3.05, 3.63) is 29.8 Å². The van der Waals surface area contributed by atoms with E-state index in [0.717, 1.165) is 19.3 Å². The van der Waals surface area contributed by atoms with Crippen molar-refractivity contribution >= 4 is 15.9 Å². The predicted octanol–water partition coefficient (Wildman–Crippen LogP) is 3.17. The molecule has 1 aliphatic carbocycles. The maximum absolute atomic E-state index is 12.7. The normalized spacial score (nSPS) is 17.0. The van der Waals surface area contributed by atoms with Crippen LogP contribution in [0.3, 0.4) is 0 Å². The van der Waals surface area contributed by atoms with Crippen LogP contribution in [0.2, 0.25) is 0 Å². The fourth-order valence-corrected chi connectivity index (χ4v) is 4.47. The number of nitrogens with one attached hydrogen (secondary N) is 1. The number of sulfonamides is 1. The van der Waals surface area contributed by atoms with E-state index in [-0.39, 0.29) is 16.8 Å². The first kappa shape index (κ1) is 18.9. The van der Waals surface area contributed by atoms with E-state index in [2.05, 4.69) is 4.72 Å². The van der Waals surface area contributed by atoms with Gasteiger partial charge < -0.3 is 4.90 Å². The van der Waals surface area contributed by atoms with Crippen molar-refractivity contribution in [1.82, 2.24) is 9.62 Å². The van der Waals surface area contributed by atoms with Gasteiger partial charge in [0.2, 0.25) is 10.0 Å². The lowest BCUT2D eigenvalue weighted by atomic mass is 10.1. The second-order valence-electron chi connectivity index (χ2n) is 6.48. The van der Waals surface area contributed by atoms with Gasteiger partial charge in [-0.3, -0.25) is 4.79 Å². The number of rotatable bonds is 7. The topological polar surface area (TPSA) is 66.5 Å². The summed E-state index contributed by atoms with van der Waals surface area (Å²) < 4.78 is 27.2. The third-order valence-electron chi connectivity index (χ3n) is 4.75. The Bertz CT molecular complexity index is 649. The Kier molecular flexibility index (Phi) is 6.40. The molecule has 0 bridgehead atoms. The summed E-state index contributed by atoms with van der Waals surface area (Å²) in [7, 11) is -3.53. The third-order valence-corrected chi connectivity index (χ3v) is 6.35. The molecule has 0 aromatic heterocycles. The lowest BCUT2D eigenvalue weighted by Crippen LogP contribution is -2.38. The summed E-state index contributed by atoms with van der Waals surface area (Å²) in [6.07, 6.45) is 5.19. The highest BCUT2D eigenvalue weighted by Crippen LogP contribution is 2.25. The molecule has 1 aromatic carbocycles. The van der Waals surface area contributed by atoms with Gasteiger partial charge in [0, 0.05) is 24.2 Å². The first-order valence-electron chi connectivity index (χ1n) is 8.82. The lowest BCUT2D eigenvalue weighted by Gasteiger charge is -2.27. The Morgan fingerprint density at radius 3 is 2.29 bits per heavy atom. The minimum absolute atomic E-state index is 0.0109. The first-order valence-corrected chi connectivity index (χ1v) is 10.3. The van der Waals surface area contributed by atoms with E-state index in [1.165, 1.54) is 25.0 Å². The Balaban J connectivity index is 2.14. The number of nitrogens with zero attached hydrogens (tertiary/aromatic N) is 1. The number of hydrogen-bond acceptors (Lipinski definition) is 3. The molecule has 5 nitrogen and oxygen atoms in total. The molecule has 24 heavy (non-hydrogen) atoms. The molecule has 134 valence electrons. The molecule has 1 amide bonds. The molecule has 1 atom stereocenters. The van der Waals surface area contributed by atoms with Crippen molar-refractivity contribution in [1.29, 1.82) is 0 Å². The highest BCUT2D eigenvalue weighted by Gasteiger charge is 2.26.